The number of carbonyl (C=O) groups is 1. The van der Waals surface area contributed by atoms with Gasteiger partial charge >= 0.3 is 0 Å². The predicted molar refractivity (Wildman–Crippen MR) is 56.0 cm³/mol. The summed E-state index contributed by atoms with van der Waals surface area (Å²) in [4.78, 5) is 10.9. The predicted octanol–water partition coefficient (Wildman–Crippen LogP) is 0.877. The quantitative estimate of drug-likeness (QED) is 0.542. The average molecular weight is 256 g/mol. The van der Waals surface area contributed by atoms with Crippen LogP contribution in [0.3, 0.4) is 0 Å². The van der Waals surface area contributed by atoms with Crippen molar-refractivity contribution in [2.45, 2.75) is 0 Å². The third kappa shape index (κ3) is 8.36. The molecule has 0 saturated carbocycles. The first kappa shape index (κ1) is 12.3. The second-order valence-electron chi connectivity index (χ2n) is 2.08. The Labute approximate surface area is 85.7 Å². The summed E-state index contributed by atoms with van der Waals surface area (Å²) >= 11 is 4.76. The highest BCUT2D eigenvalue weighted by Crippen LogP contribution is 1.88. The minimum absolute atomic E-state index is 0.0740. The largest absolute Gasteiger partial charge is 0.379 e. The number of rotatable bonds is 7. The molecule has 0 heterocycles. The Balaban J connectivity index is 3.03. The van der Waals surface area contributed by atoms with E-state index in [1.807, 2.05) is 6.26 Å². The Morgan fingerprint density at radius 2 is 2.33 bits per heavy atom. The van der Waals surface area contributed by atoms with Crippen LogP contribution in [0.25, 0.3) is 0 Å². The molecule has 0 atom stereocenters. The summed E-state index contributed by atoms with van der Waals surface area (Å²) in [5.74, 6) is 0.600. The van der Waals surface area contributed by atoms with Crippen molar-refractivity contribution in [3.05, 3.63) is 0 Å². The summed E-state index contributed by atoms with van der Waals surface area (Å²) in [7, 11) is 0. The molecule has 0 aromatic heterocycles. The van der Waals surface area contributed by atoms with Gasteiger partial charge in [-0.3, -0.25) is 4.79 Å². The molecule has 0 aromatic rings. The molecule has 0 fully saturated rings. The maximum absolute atomic E-state index is 10.9. The van der Waals surface area contributed by atoms with Gasteiger partial charge in [0.1, 0.15) is 0 Å². The Morgan fingerprint density at radius 1 is 1.58 bits per heavy atom. The summed E-state index contributed by atoms with van der Waals surface area (Å²) < 4.78 is 5.14. The lowest BCUT2D eigenvalue weighted by Gasteiger charge is -2.03. The fourth-order valence-electron chi connectivity index (χ4n) is 0.601. The van der Waals surface area contributed by atoms with E-state index in [4.69, 9.17) is 4.74 Å². The Kier molecular flexibility index (Phi) is 9.55. The number of hydrogen-bond acceptors (Lipinski definition) is 3. The zero-order valence-corrected chi connectivity index (χ0v) is 9.54. The average Bonchev–Trinajstić information content (AvgIpc) is 2.05. The van der Waals surface area contributed by atoms with Gasteiger partial charge in [-0.15, -0.1) is 0 Å². The van der Waals surface area contributed by atoms with Crippen LogP contribution >= 0.6 is 27.7 Å². The van der Waals surface area contributed by atoms with Crippen LogP contribution in [0.15, 0.2) is 0 Å². The lowest BCUT2D eigenvalue weighted by atomic mass is 10.6. The number of halogens is 1. The molecule has 0 saturated heterocycles. The summed E-state index contributed by atoms with van der Waals surface area (Å²) in [5, 5.41) is 3.58. The molecule has 0 radical (unpaired) electrons. The van der Waals surface area contributed by atoms with E-state index in [-0.39, 0.29) is 5.91 Å². The second-order valence-corrected chi connectivity index (χ2v) is 3.74. The number of alkyl halides is 1. The first-order chi connectivity index (χ1) is 5.81. The summed E-state index contributed by atoms with van der Waals surface area (Å²) in [6.07, 6.45) is 1.90. The Hall–Kier alpha value is 0.260. The first-order valence-electron chi connectivity index (χ1n) is 3.70. The zero-order valence-electron chi connectivity index (χ0n) is 7.14. The molecule has 0 aliphatic heterocycles. The maximum atomic E-state index is 10.9. The highest BCUT2D eigenvalue weighted by atomic mass is 79.9. The van der Waals surface area contributed by atoms with E-state index in [0.29, 0.717) is 25.5 Å². The van der Waals surface area contributed by atoms with Gasteiger partial charge in [-0.1, -0.05) is 15.9 Å². The number of nitrogens with one attached hydrogen (secondary N) is 1. The van der Waals surface area contributed by atoms with Gasteiger partial charge in [-0.05, 0) is 6.26 Å². The lowest BCUT2D eigenvalue weighted by molar-refractivity contribution is -0.118. The normalized spacial score (nSPS) is 9.83. The first-order valence-corrected chi connectivity index (χ1v) is 6.22. The van der Waals surface area contributed by atoms with Crippen molar-refractivity contribution in [2.75, 3.05) is 37.1 Å². The van der Waals surface area contributed by atoms with E-state index in [2.05, 4.69) is 21.2 Å². The zero-order chi connectivity index (χ0) is 9.23. The Morgan fingerprint density at radius 3 is 2.92 bits per heavy atom. The molecule has 0 bridgehead atoms. The van der Waals surface area contributed by atoms with Gasteiger partial charge in [0.05, 0.1) is 19.0 Å². The van der Waals surface area contributed by atoms with Crippen molar-refractivity contribution >= 4 is 33.6 Å². The van der Waals surface area contributed by atoms with Crippen LogP contribution in [0.4, 0.5) is 0 Å². The molecule has 0 unspecified atom stereocenters. The van der Waals surface area contributed by atoms with Crippen LogP contribution < -0.4 is 5.32 Å². The minimum Gasteiger partial charge on any atom is -0.379 e. The van der Waals surface area contributed by atoms with E-state index in [1.165, 1.54) is 11.8 Å². The van der Waals surface area contributed by atoms with Gasteiger partial charge in [-0.2, -0.15) is 11.8 Å². The van der Waals surface area contributed by atoms with Crippen molar-refractivity contribution in [3.8, 4) is 0 Å². The lowest BCUT2D eigenvalue weighted by Crippen LogP contribution is -2.28. The van der Waals surface area contributed by atoms with E-state index < -0.39 is 0 Å². The van der Waals surface area contributed by atoms with Gasteiger partial charge in [0.2, 0.25) is 5.91 Å². The third-order valence-corrected chi connectivity index (χ3v) is 1.94. The second kappa shape index (κ2) is 9.35. The van der Waals surface area contributed by atoms with Crippen molar-refractivity contribution in [3.63, 3.8) is 0 Å². The molecule has 5 heteroatoms. The molecule has 0 spiro atoms. The molecule has 1 amide bonds. The molecular formula is C7H14BrNO2S. The number of amides is 1. The van der Waals surface area contributed by atoms with Crippen molar-refractivity contribution in [1.29, 1.82) is 0 Å². The summed E-state index contributed by atoms with van der Waals surface area (Å²) in [5.41, 5.74) is 0. The third-order valence-electron chi connectivity index (χ3n) is 1.07. The van der Waals surface area contributed by atoms with Crippen molar-refractivity contribution in [1.82, 2.24) is 5.32 Å². The van der Waals surface area contributed by atoms with Gasteiger partial charge in [0, 0.05) is 11.9 Å². The molecule has 0 aliphatic carbocycles. The number of ether oxygens (including phenoxy) is 1. The monoisotopic (exact) mass is 255 g/mol. The summed E-state index contributed by atoms with van der Waals surface area (Å²) in [6, 6.07) is 0. The molecule has 0 aliphatic rings. The van der Waals surface area contributed by atoms with Crippen LogP contribution in [-0.4, -0.2) is 43.0 Å². The fourth-order valence-corrected chi connectivity index (χ4v) is 1.19. The van der Waals surface area contributed by atoms with E-state index in [0.717, 1.165) is 5.33 Å². The van der Waals surface area contributed by atoms with Crippen molar-refractivity contribution in [2.24, 2.45) is 0 Å². The number of hydrogen-bond donors (Lipinski definition) is 1. The van der Waals surface area contributed by atoms with Gasteiger partial charge < -0.3 is 10.1 Å². The molecule has 0 aromatic carbocycles. The van der Waals surface area contributed by atoms with Crippen LogP contribution in [-0.2, 0) is 9.53 Å². The highest BCUT2D eigenvalue weighted by Gasteiger charge is 1.96. The van der Waals surface area contributed by atoms with Crippen LogP contribution in [0, 0.1) is 0 Å². The highest BCUT2D eigenvalue weighted by molar-refractivity contribution is 9.09. The van der Waals surface area contributed by atoms with Gasteiger partial charge in [0.15, 0.2) is 0 Å². The molecule has 12 heavy (non-hydrogen) atoms. The molecule has 1 N–H and O–H groups in total. The topological polar surface area (TPSA) is 38.3 Å². The van der Waals surface area contributed by atoms with E-state index in [1.54, 1.807) is 0 Å². The van der Waals surface area contributed by atoms with Crippen LogP contribution in [0.5, 0.6) is 0 Å². The van der Waals surface area contributed by atoms with E-state index >= 15 is 0 Å². The maximum Gasteiger partial charge on any atom is 0.230 e. The standard InChI is InChI=1S/C7H14BrNO2S/c1-12-6-7(10)9-3-5-11-4-2-8/h2-6H2,1H3,(H,9,10). The molecule has 0 rings (SSSR count). The van der Waals surface area contributed by atoms with Crippen LogP contribution in [0.1, 0.15) is 0 Å². The summed E-state index contributed by atoms with van der Waals surface area (Å²) in [6.45, 7) is 1.89. The number of carbonyl (C=O) groups excluding carboxylic acids is 1. The van der Waals surface area contributed by atoms with E-state index in [9.17, 15) is 4.79 Å². The number of thioether (sulfide) groups is 1. The fraction of sp³-hybridized carbons (Fsp3) is 0.857. The minimum atomic E-state index is 0.0740. The SMILES string of the molecule is CSCC(=O)NCCOCCBr. The van der Waals surface area contributed by atoms with Crippen molar-refractivity contribution < 1.29 is 9.53 Å². The molecule has 72 valence electrons. The molecule has 3 nitrogen and oxygen atoms in total. The Bertz CT molecular complexity index is 124. The molecular weight excluding hydrogens is 242 g/mol. The smallest absolute Gasteiger partial charge is 0.230 e. The van der Waals surface area contributed by atoms with Gasteiger partial charge in [-0.25, -0.2) is 0 Å². The van der Waals surface area contributed by atoms with Gasteiger partial charge in [0.25, 0.3) is 0 Å². The van der Waals surface area contributed by atoms with Crippen LogP contribution in [0.2, 0.25) is 0 Å².